The van der Waals surface area contributed by atoms with Crippen molar-refractivity contribution < 1.29 is 13.2 Å². The van der Waals surface area contributed by atoms with Crippen molar-refractivity contribution in [2.75, 3.05) is 26.3 Å². The number of hydrogen-bond donors (Lipinski definition) is 0. The Bertz CT molecular complexity index is 504. The van der Waals surface area contributed by atoms with Gasteiger partial charge in [-0.15, -0.1) is 0 Å². The van der Waals surface area contributed by atoms with Gasteiger partial charge in [-0.1, -0.05) is 26.0 Å². The Morgan fingerprint density at radius 1 is 1.21 bits per heavy atom. The monoisotopic (exact) mass is 283 g/mol. The van der Waals surface area contributed by atoms with E-state index in [2.05, 4.69) is 13.8 Å². The standard InChI is InChI=1S/C14H21NO3S/c1-3-12(2)13-4-6-14(7-5-13)19(16,17)15-8-10-18-11-9-15/h4-7,12H,3,8-11H2,1-2H3. The third kappa shape index (κ3) is 3.16. The average molecular weight is 283 g/mol. The Kier molecular flexibility index (Phi) is 4.60. The third-order valence-corrected chi connectivity index (χ3v) is 5.58. The quantitative estimate of drug-likeness (QED) is 0.851. The molecule has 1 saturated heterocycles. The first-order valence-corrected chi connectivity index (χ1v) is 8.17. The zero-order chi connectivity index (χ0) is 13.9. The molecule has 1 aliphatic heterocycles. The predicted molar refractivity (Wildman–Crippen MR) is 74.7 cm³/mol. The van der Waals surface area contributed by atoms with E-state index in [9.17, 15) is 8.42 Å². The summed E-state index contributed by atoms with van der Waals surface area (Å²) in [6.45, 7) is 6.10. The number of morpholine rings is 1. The van der Waals surface area contributed by atoms with Gasteiger partial charge in [0.25, 0.3) is 0 Å². The molecule has 0 bridgehead atoms. The maximum Gasteiger partial charge on any atom is 0.243 e. The van der Waals surface area contributed by atoms with Gasteiger partial charge in [0.05, 0.1) is 18.1 Å². The number of benzene rings is 1. The van der Waals surface area contributed by atoms with Gasteiger partial charge in [0.2, 0.25) is 10.0 Å². The Hall–Kier alpha value is -0.910. The molecule has 1 aromatic rings. The van der Waals surface area contributed by atoms with E-state index in [0.29, 0.717) is 37.1 Å². The van der Waals surface area contributed by atoms with Crippen LogP contribution in [0.4, 0.5) is 0 Å². The molecule has 0 saturated carbocycles. The lowest BCUT2D eigenvalue weighted by Crippen LogP contribution is -2.40. The van der Waals surface area contributed by atoms with E-state index in [-0.39, 0.29) is 0 Å². The summed E-state index contributed by atoms with van der Waals surface area (Å²) in [5, 5.41) is 0. The molecule has 4 nitrogen and oxygen atoms in total. The molecule has 0 aliphatic carbocycles. The van der Waals surface area contributed by atoms with Crippen LogP contribution in [0.25, 0.3) is 0 Å². The van der Waals surface area contributed by atoms with Crippen LogP contribution in [0.3, 0.4) is 0 Å². The molecule has 0 aromatic heterocycles. The van der Waals surface area contributed by atoms with Crippen LogP contribution in [-0.2, 0) is 14.8 Å². The normalized spacial score (nSPS) is 19.3. The van der Waals surface area contributed by atoms with Crippen molar-refractivity contribution in [2.24, 2.45) is 0 Å². The number of nitrogens with zero attached hydrogens (tertiary/aromatic N) is 1. The fraction of sp³-hybridized carbons (Fsp3) is 0.571. The highest BCUT2D eigenvalue weighted by Gasteiger charge is 2.26. The fourth-order valence-electron chi connectivity index (χ4n) is 2.14. The molecule has 0 amide bonds. The molecule has 0 N–H and O–H groups in total. The summed E-state index contributed by atoms with van der Waals surface area (Å²) in [7, 11) is -3.36. The number of hydrogen-bond acceptors (Lipinski definition) is 3. The van der Waals surface area contributed by atoms with Gasteiger partial charge in [0.1, 0.15) is 0 Å². The molecule has 0 spiro atoms. The van der Waals surface area contributed by atoms with Crippen molar-refractivity contribution in [1.82, 2.24) is 4.31 Å². The van der Waals surface area contributed by atoms with Crippen LogP contribution in [0.1, 0.15) is 31.7 Å². The van der Waals surface area contributed by atoms with Crippen LogP contribution in [0.15, 0.2) is 29.2 Å². The van der Waals surface area contributed by atoms with Crippen LogP contribution >= 0.6 is 0 Å². The minimum absolute atomic E-state index is 0.376. The van der Waals surface area contributed by atoms with Crippen molar-refractivity contribution in [3.63, 3.8) is 0 Å². The van der Waals surface area contributed by atoms with E-state index in [0.717, 1.165) is 6.42 Å². The van der Waals surface area contributed by atoms with Crippen molar-refractivity contribution in [1.29, 1.82) is 0 Å². The minimum Gasteiger partial charge on any atom is -0.379 e. The van der Waals surface area contributed by atoms with Crippen LogP contribution in [0.2, 0.25) is 0 Å². The summed E-state index contributed by atoms with van der Waals surface area (Å²) in [5.74, 6) is 0.458. The highest BCUT2D eigenvalue weighted by atomic mass is 32.2. The topological polar surface area (TPSA) is 46.6 Å². The second kappa shape index (κ2) is 6.03. The Labute approximate surface area is 115 Å². The third-order valence-electron chi connectivity index (χ3n) is 3.67. The molecular weight excluding hydrogens is 262 g/mol. The van der Waals surface area contributed by atoms with E-state index < -0.39 is 10.0 Å². The average Bonchev–Trinajstić information content (AvgIpc) is 2.47. The highest BCUT2D eigenvalue weighted by molar-refractivity contribution is 7.89. The van der Waals surface area contributed by atoms with E-state index >= 15 is 0 Å². The van der Waals surface area contributed by atoms with Crippen LogP contribution in [0, 0.1) is 0 Å². The number of sulfonamides is 1. The first kappa shape index (κ1) is 14.5. The predicted octanol–water partition coefficient (Wildman–Crippen LogP) is 2.22. The van der Waals surface area contributed by atoms with Crippen molar-refractivity contribution in [2.45, 2.75) is 31.1 Å². The maximum absolute atomic E-state index is 12.4. The lowest BCUT2D eigenvalue weighted by Gasteiger charge is -2.26. The van der Waals surface area contributed by atoms with Gasteiger partial charge in [0, 0.05) is 13.1 Å². The lowest BCUT2D eigenvalue weighted by molar-refractivity contribution is 0.0730. The van der Waals surface area contributed by atoms with Gasteiger partial charge < -0.3 is 4.74 Å². The van der Waals surface area contributed by atoms with Gasteiger partial charge in [-0.3, -0.25) is 0 Å². The largest absolute Gasteiger partial charge is 0.379 e. The van der Waals surface area contributed by atoms with Gasteiger partial charge in [-0.25, -0.2) is 8.42 Å². The summed E-state index contributed by atoms with van der Waals surface area (Å²) in [5.41, 5.74) is 1.18. The van der Waals surface area contributed by atoms with Crippen LogP contribution in [0.5, 0.6) is 0 Å². The van der Waals surface area contributed by atoms with E-state index in [4.69, 9.17) is 4.74 Å². The zero-order valence-electron chi connectivity index (χ0n) is 11.5. The summed E-state index contributed by atoms with van der Waals surface area (Å²) in [6, 6.07) is 7.27. The molecule has 1 aliphatic rings. The van der Waals surface area contributed by atoms with E-state index in [1.165, 1.54) is 9.87 Å². The number of rotatable bonds is 4. The van der Waals surface area contributed by atoms with Crippen LogP contribution < -0.4 is 0 Å². The Morgan fingerprint density at radius 2 is 1.79 bits per heavy atom. The second-order valence-electron chi connectivity index (χ2n) is 4.89. The zero-order valence-corrected chi connectivity index (χ0v) is 12.3. The van der Waals surface area contributed by atoms with Crippen molar-refractivity contribution in [3.8, 4) is 0 Å². The molecule has 0 radical (unpaired) electrons. The van der Waals surface area contributed by atoms with Gasteiger partial charge in [-0.05, 0) is 30.0 Å². The molecule has 5 heteroatoms. The molecular formula is C14H21NO3S. The number of ether oxygens (including phenoxy) is 1. The van der Waals surface area contributed by atoms with Gasteiger partial charge >= 0.3 is 0 Å². The SMILES string of the molecule is CCC(C)c1ccc(S(=O)(=O)N2CCOCC2)cc1. The minimum atomic E-state index is -3.36. The van der Waals surface area contributed by atoms with Crippen molar-refractivity contribution in [3.05, 3.63) is 29.8 Å². The molecule has 19 heavy (non-hydrogen) atoms. The molecule has 1 heterocycles. The van der Waals surface area contributed by atoms with Gasteiger partial charge in [-0.2, -0.15) is 4.31 Å². The fourth-order valence-corrected chi connectivity index (χ4v) is 3.55. The van der Waals surface area contributed by atoms with Crippen molar-refractivity contribution >= 4 is 10.0 Å². The first-order valence-electron chi connectivity index (χ1n) is 6.73. The molecule has 1 unspecified atom stereocenters. The molecule has 1 aromatic carbocycles. The maximum atomic E-state index is 12.4. The Balaban J connectivity index is 2.21. The van der Waals surface area contributed by atoms with Gasteiger partial charge in [0.15, 0.2) is 0 Å². The van der Waals surface area contributed by atoms with E-state index in [1.807, 2.05) is 12.1 Å². The summed E-state index contributed by atoms with van der Waals surface area (Å²) < 4.78 is 31.5. The molecule has 106 valence electrons. The summed E-state index contributed by atoms with van der Waals surface area (Å²) in [4.78, 5) is 0.376. The summed E-state index contributed by atoms with van der Waals surface area (Å²) in [6.07, 6.45) is 1.05. The lowest BCUT2D eigenvalue weighted by atomic mass is 9.99. The summed E-state index contributed by atoms with van der Waals surface area (Å²) >= 11 is 0. The second-order valence-corrected chi connectivity index (χ2v) is 6.83. The van der Waals surface area contributed by atoms with E-state index in [1.54, 1.807) is 12.1 Å². The smallest absolute Gasteiger partial charge is 0.243 e. The van der Waals surface area contributed by atoms with Crippen LogP contribution in [-0.4, -0.2) is 39.0 Å². The first-order chi connectivity index (χ1) is 9.05. The molecule has 1 atom stereocenters. The Morgan fingerprint density at radius 3 is 2.32 bits per heavy atom. The molecule has 1 fully saturated rings. The highest BCUT2D eigenvalue weighted by Crippen LogP contribution is 2.22. The molecule has 2 rings (SSSR count).